The lowest BCUT2D eigenvalue weighted by Gasteiger charge is -2.23. The number of hydrogen-bond acceptors (Lipinski definition) is 3. The Balaban J connectivity index is 1.93. The fraction of sp³-hybridized carbons (Fsp3) is 0.208. The lowest BCUT2D eigenvalue weighted by atomic mass is 10.1. The lowest BCUT2D eigenvalue weighted by Crippen LogP contribution is -2.38. The minimum absolute atomic E-state index is 0.0447. The van der Waals surface area contributed by atoms with Crippen molar-refractivity contribution in [3.05, 3.63) is 93.2 Å². The summed E-state index contributed by atoms with van der Waals surface area (Å²) >= 11 is 3.42. The maximum absolute atomic E-state index is 14.3. The van der Waals surface area contributed by atoms with Crippen LogP contribution in [0.3, 0.4) is 0 Å². The highest BCUT2D eigenvalue weighted by atomic mass is 79.9. The molecule has 32 heavy (non-hydrogen) atoms. The molecule has 3 aromatic rings. The van der Waals surface area contributed by atoms with Crippen molar-refractivity contribution in [2.24, 2.45) is 0 Å². The number of sulfonamides is 1. The Morgan fingerprint density at radius 2 is 1.59 bits per heavy atom. The summed E-state index contributed by atoms with van der Waals surface area (Å²) in [6.07, 6.45) is 0. The summed E-state index contributed by atoms with van der Waals surface area (Å²) in [5.41, 5.74) is 3.40. The summed E-state index contributed by atoms with van der Waals surface area (Å²) in [6.45, 7) is 4.83. The molecule has 168 valence electrons. The number of benzene rings is 3. The molecule has 0 saturated carbocycles. The Bertz CT molecular complexity index is 1220. The molecule has 0 atom stereocenters. The molecule has 0 saturated heterocycles. The predicted octanol–water partition coefficient (Wildman–Crippen LogP) is 5.34. The number of nitrogens with one attached hydrogen (secondary N) is 1. The van der Waals surface area contributed by atoms with Crippen molar-refractivity contribution in [3.63, 3.8) is 0 Å². The number of hydrogen-bond donors (Lipinski definition) is 1. The number of rotatable bonds is 7. The van der Waals surface area contributed by atoms with Gasteiger partial charge in [-0.3, -0.25) is 4.79 Å². The number of anilines is 1. The van der Waals surface area contributed by atoms with Crippen molar-refractivity contribution in [1.29, 1.82) is 0 Å². The van der Waals surface area contributed by atoms with Crippen molar-refractivity contribution in [1.82, 2.24) is 4.31 Å². The van der Waals surface area contributed by atoms with Crippen LogP contribution < -0.4 is 5.32 Å². The van der Waals surface area contributed by atoms with Crippen molar-refractivity contribution in [2.45, 2.75) is 32.2 Å². The summed E-state index contributed by atoms with van der Waals surface area (Å²) in [7, 11) is -4.05. The first-order valence-electron chi connectivity index (χ1n) is 9.95. The molecule has 0 spiro atoms. The number of amides is 1. The first kappa shape index (κ1) is 24.1. The van der Waals surface area contributed by atoms with E-state index in [-0.39, 0.29) is 17.0 Å². The van der Waals surface area contributed by atoms with Gasteiger partial charge >= 0.3 is 0 Å². The molecule has 0 radical (unpaired) electrons. The van der Waals surface area contributed by atoms with Crippen molar-refractivity contribution in [3.8, 4) is 0 Å². The molecule has 0 heterocycles. The van der Waals surface area contributed by atoms with Gasteiger partial charge in [-0.25, -0.2) is 12.8 Å². The number of aryl methyl sites for hydroxylation is 3. The Morgan fingerprint density at radius 1 is 1.00 bits per heavy atom. The molecular formula is C24H24BrFN2O3S. The molecule has 5 nitrogen and oxygen atoms in total. The number of carbonyl (C=O) groups excluding carboxylic acids is 1. The molecule has 3 aromatic carbocycles. The Labute approximate surface area is 196 Å². The van der Waals surface area contributed by atoms with Crippen LogP contribution in [0.1, 0.15) is 22.3 Å². The van der Waals surface area contributed by atoms with E-state index in [1.807, 2.05) is 32.9 Å². The summed E-state index contributed by atoms with van der Waals surface area (Å²) in [4.78, 5) is 12.9. The van der Waals surface area contributed by atoms with E-state index in [1.165, 1.54) is 30.3 Å². The molecule has 1 N–H and O–H groups in total. The summed E-state index contributed by atoms with van der Waals surface area (Å²) < 4.78 is 42.9. The number of carbonyl (C=O) groups is 1. The molecule has 0 aromatic heterocycles. The average molecular weight is 519 g/mol. The molecule has 0 aliphatic heterocycles. The smallest absolute Gasteiger partial charge is 0.243 e. The normalized spacial score (nSPS) is 11.6. The number of halogens is 2. The maximum Gasteiger partial charge on any atom is 0.243 e. The van der Waals surface area contributed by atoms with Crippen molar-refractivity contribution < 1.29 is 17.6 Å². The zero-order valence-corrected chi connectivity index (χ0v) is 20.4. The van der Waals surface area contributed by atoms with E-state index in [1.54, 1.807) is 18.2 Å². The van der Waals surface area contributed by atoms with Gasteiger partial charge in [0, 0.05) is 22.3 Å². The Kier molecular flexibility index (Phi) is 7.48. The molecule has 8 heteroatoms. The Hall–Kier alpha value is -2.55. The van der Waals surface area contributed by atoms with Crippen LogP contribution in [0.25, 0.3) is 0 Å². The van der Waals surface area contributed by atoms with Crippen LogP contribution in [0.15, 0.2) is 70.0 Å². The minimum Gasteiger partial charge on any atom is -0.324 e. The summed E-state index contributed by atoms with van der Waals surface area (Å²) in [6, 6.07) is 16.0. The van der Waals surface area contributed by atoms with Crippen molar-refractivity contribution in [2.75, 3.05) is 11.9 Å². The van der Waals surface area contributed by atoms with E-state index in [0.717, 1.165) is 25.5 Å². The zero-order chi connectivity index (χ0) is 23.5. The third-order valence-corrected chi connectivity index (χ3v) is 7.31. The molecule has 0 fully saturated rings. The van der Waals surface area contributed by atoms with Gasteiger partial charge < -0.3 is 5.32 Å². The topological polar surface area (TPSA) is 66.5 Å². The molecule has 0 bridgehead atoms. The van der Waals surface area contributed by atoms with E-state index >= 15 is 0 Å². The van der Waals surface area contributed by atoms with Gasteiger partial charge in [0.05, 0.1) is 11.4 Å². The summed E-state index contributed by atoms with van der Waals surface area (Å²) in [5.74, 6) is -1.04. The van der Waals surface area contributed by atoms with E-state index in [9.17, 15) is 17.6 Å². The standard InChI is InChI=1S/C24H24BrFN2O3S/c1-16-8-10-21(11-9-16)32(30,31)28(14-19-6-4-5-7-22(19)26)15-23(29)27-24-17(2)12-20(25)13-18(24)3/h4-13H,14-15H2,1-3H3,(H,27,29). The molecule has 0 aliphatic carbocycles. The highest BCUT2D eigenvalue weighted by Gasteiger charge is 2.28. The van der Waals surface area contributed by atoms with Crippen LogP contribution in [0.2, 0.25) is 0 Å². The van der Waals surface area contributed by atoms with Crippen LogP contribution in [0.5, 0.6) is 0 Å². The van der Waals surface area contributed by atoms with Crippen LogP contribution in [-0.2, 0) is 21.4 Å². The molecule has 0 unspecified atom stereocenters. The van der Waals surface area contributed by atoms with Gasteiger partial charge in [0.2, 0.25) is 15.9 Å². The van der Waals surface area contributed by atoms with Gasteiger partial charge in [0.25, 0.3) is 0 Å². The van der Waals surface area contributed by atoms with Gasteiger partial charge in [0.15, 0.2) is 0 Å². The van der Waals surface area contributed by atoms with E-state index in [4.69, 9.17) is 0 Å². The van der Waals surface area contributed by atoms with E-state index in [0.29, 0.717) is 5.69 Å². The fourth-order valence-electron chi connectivity index (χ4n) is 3.35. The van der Waals surface area contributed by atoms with Crippen molar-refractivity contribution >= 4 is 37.5 Å². The van der Waals surface area contributed by atoms with Crippen LogP contribution in [0, 0.1) is 26.6 Å². The first-order chi connectivity index (χ1) is 15.1. The highest BCUT2D eigenvalue weighted by molar-refractivity contribution is 9.10. The quantitative estimate of drug-likeness (QED) is 0.458. The molecule has 1 amide bonds. The van der Waals surface area contributed by atoms with Crippen LogP contribution in [-0.4, -0.2) is 25.2 Å². The van der Waals surface area contributed by atoms with Gasteiger partial charge in [-0.15, -0.1) is 0 Å². The maximum atomic E-state index is 14.3. The Morgan fingerprint density at radius 3 is 2.19 bits per heavy atom. The van der Waals surface area contributed by atoms with Gasteiger partial charge in [-0.1, -0.05) is 51.8 Å². The summed E-state index contributed by atoms with van der Waals surface area (Å²) in [5, 5.41) is 2.81. The molecule has 0 aliphatic rings. The second kappa shape index (κ2) is 9.94. The van der Waals surface area contributed by atoms with E-state index in [2.05, 4.69) is 21.2 Å². The van der Waals surface area contributed by atoms with E-state index < -0.39 is 28.3 Å². The minimum atomic E-state index is -4.05. The van der Waals surface area contributed by atoms with Crippen LogP contribution in [0.4, 0.5) is 10.1 Å². The zero-order valence-electron chi connectivity index (χ0n) is 18.0. The van der Waals surface area contributed by atoms with Gasteiger partial charge in [-0.2, -0.15) is 4.31 Å². The second-order valence-corrected chi connectivity index (χ2v) is 10.5. The largest absolute Gasteiger partial charge is 0.324 e. The first-order valence-corrected chi connectivity index (χ1v) is 12.2. The van der Waals surface area contributed by atoms with Gasteiger partial charge in [0.1, 0.15) is 5.82 Å². The monoisotopic (exact) mass is 518 g/mol. The third kappa shape index (κ3) is 5.62. The molecular weight excluding hydrogens is 495 g/mol. The SMILES string of the molecule is Cc1ccc(S(=O)(=O)N(CC(=O)Nc2c(C)cc(Br)cc2C)Cc2ccccc2F)cc1. The number of nitrogens with zero attached hydrogens (tertiary/aromatic N) is 1. The fourth-order valence-corrected chi connectivity index (χ4v) is 5.41. The van der Waals surface area contributed by atoms with Gasteiger partial charge in [-0.05, 0) is 62.2 Å². The third-order valence-electron chi connectivity index (χ3n) is 5.05. The average Bonchev–Trinajstić information content (AvgIpc) is 2.72. The lowest BCUT2D eigenvalue weighted by molar-refractivity contribution is -0.116. The van der Waals surface area contributed by atoms with Crippen LogP contribution >= 0.6 is 15.9 Å². The predicted molar refractivity (Wildman–Crippen MR) is 127 cm³/mol. The highest BCUT2D eigenvalue weighted by Crippen LogP contribution is 2.26. The second-order valence-electron chi connectivity index (χ2n) is 7.64. The molecule has 3 rings (SSSR count).